The minimum absolute atomic E-state index is 0.0831. The van der Waals surface area contributed by atoms with Crippen molar-refractivity contribution in [1.29, 1.82) is 5.26 Å². The number of hydrogen-bond donors (Lipinski definition) is 1. The van der Waals surface area contributed by atoms with Crippen molar-refractivity contribution < 1.29 is 18.5 Å². The first-order valence-electron chi connectivity index (χ1n) is 7.08. The number of carbonyl (C=O) groups excluding carboxylic acids is 1. The van der Waals surface area contributed by atoms with Crippen molar-refractivity contribution in [3.63, 3.8) is 0 Å². The van der Waals surface area contributed by atoms with Crippen molar-refractivity contribution in [1.82, 2.24) is 9.78 Å². The lowest BCUT2D eigenvalue weighted by Crippen LogP contribution is -2.25. The SMILES string of the molecule is Cc1cc(C(F)F)nn1C(C)C(=O)Nc1ccc([N+](=O)[O-])cc1C#N. The fourth-order valence-corrected chi connectivity index (χ4v) is 2.21. The first kappa shape index (κ1) is 18.0. The topological polar surface area (TPSA) is 114 Å². The molecule has 1 aromatic carbocycles. The molecule has 0 aliphatic heterocycles. The zero-order valence-corrected chi connectivity index (χ0v) is 13.2. The summed E-state index contributed by atoms with van der Waals surface area (Å²) in [6, 6.07) is 5.45. The lowest BCUT2D eigenvalue weighted by Gasteiger charge is -2.15. The molecule has 1 aromatic heterocycles. The molecular weight excluding hydrogens is 336 g/mol. The van der Waals surface area contributed by atoms with Gasteiger partial charge in [0.2, 0.25) is 5.91 Å². The molecule has 2 aromatic rings. The van der Waals surface area contributed by atoms with E-state index in [0.29, 0.717) is 5.69 Å². The van der Waals surface area contributed by atoms with Crippen LogP contribution in [0.5, 0.6) is 0 Å². The van der Waals surface area contributed by atoms with Gasteiger partial charge in [-0.25, -0.2) is 8.78 Å². The first-order chi connectivity index (χ1) is 11.7. The van der Waals surface area contributed by atoms with Crippen molar-refractivity contribution in [3.8, 4) is 6.07 Å². The Morgan fingerprint density at radius 1 is 1.44 bits per heavy atom. The number of nitro benzene ring substituents is 1. The van der Waals surface area contributed by atoms with Crippen LogP contribution in [0.25, 0.3) is 0 Å². The molecule has 130 valence electrons. The van der Waals surface area contributed by atoms with E-state index in [1.54, 1.807) is 6.07 Å². The van der Waals surface area contributed by atoms with Crippen LogP contribution < -0.4 is 5.32 Å². The zero-order valence-electron chi connectivity index (χ0n) is 13.2. The van der Waals surface area contributed by atoms with Crippen molar-refractivity contribution in [3.05, 3.63) is 51.3 Å². The molecule has 1 unspecified atom stereocenters. The summed E-state index contributed by atoms with van der Waals surface area (Å²) < 4.78 is 26.6. The quantitative estimate of drug-likeness (QED) is 0.658. The second-order valence-corrected chi connectivity index (χ2v) is 5.22. The van der Waals surface area contributed by atoms with Gasteiger partial charge in [-0.3, -0.25) is 19.6 Å². The molecule has 0 aliphatic rings. The van der Waals surface area contributed by atoms with Crippen LogP contribution >= 0.6 is 0 Å². The Balaban J connectivity index is 2.25. The molecule has 0 saturated heterocycles. The minimum atomic E-state index is -2.75. The summed E-state index contributed by atoms with van der Waals surface area (Å²) in [5.41, 5.74) is -0.344. The lowest BCUT2D eigenvalue weighted by atomic mass is 10.1. The van der Waals surface area contributed by atoms with Crippen LogP contribution in [0.1, 0.15) is 36.3 Å². The highest BCUT2D eigenvalue weighted by Crippen LogP contribution is 2.24. The summed E-state index contributed by atoms with van der Waals surface area (Å²) in [5.74, 6) is -0.600. The number of anilines is 1. The third-order valence-electron chi connectivity index (χ3n) is 3.50. The maximum atomic E-state index is 12.7. The molecule has 0 aliphatic carbocycles. The summed E-state index contributed by atoms with van der Waals surface area (Å²) in [6.07, 6.45) is -2.75. The standard InChI is InChI=1S/C15H13F2N5O3/c1-8-5-13(14(16)17)20-21(8)9(2)15(23)19-12-4-3-11(22(24)25)6-10(12)7-18/h3-6,9,14H,1-2H3,(H,19,23). The molecule has 0 fully saturated rings. The molecule has 1 amide bonds. The largest absolute Gasteiger partial charge is 0.323 e. The number of nitriles is 1. The Kier molecular flexibility index (Phi) is 5.07. The van der Waals surface area contributed by atoms with Crippen LogP contribution in [0.2, 0.25) is 0 Å². The minimum Gasteiger partial charge on any atom is -0.323 e. The fourth-order valence-electron chi connectivity index (χ4n) is 2.21. The zero-order chi connectivity index (χ0) is 18.7. The number of rotatable bonds is 5. The second-order valence-electron chi connectivity index (χ2n) is 5.22. The molecule has 10 heteroatoms. The summed E-state index contributed by atoms with van der Waals surface area (Å²) in [5, 5.41) is 26.0. The fraction of sp³-hybridized carbons (Fsp3) is 0.267. The van der Waals surface area contributed by atoms with Crippen molar-refractivity contribution in [2.45, 2.75) is 26.3 Å². The Bertz CT molecular complexity index is 873. The van der Waals surface area contributed by atoms with Crippen molar-refractivity contribution >= 4 is 17.3 Å². The van der Waals surface area contributed by atoms with Gasteiger partial charge in [-0.15, -0.1) is 0 Å². The number of nitro groups is 1. The molecule has 1 heterocycles. The molecule has 1 N–H and O–H groups in total. The number of non-ortho nitro benzene ring substituents is 1. The average molecular weight is 349 g/mol. The number of hydrogen-bond acceptors (Lipinski definition) is 5. The van der Waals surface area contributed by atoms with Gasteiger partial charge in [0.25, 0.3) is 12.1 Å². The van der Waals surface area contributed by atoms with Gasteiger partial charge < -0.3 is 5.32 Å². The van der Waals surface area contributed by atoms with Gasteiger partial charge in [0.15, 0.2) is 0 Å². The molecule has 1 atom stereocenters. The number of aryl methyl sites for hydroxylation is 1. The van der Waals surface area contributed by atoms with Gasteiger partial charge in [0.1, 0.15) is 17.8 Å². The Labute approximate surface area is 140 Å². The normalized spacial score (nSPS) is 11.8. The summed E-state index contributed by atoms with van der Waals surface area (Å²) in [7, 11) is 0. The Morgan fingerprint density at radius 3 is 2.64 bits per heavy atom. The van der Waals surface area contributed by atoms with E-state index in [0.717, 1.165) is 16.8 Å². The predicted molar refractivity (Wildman–Crippen MR) is 83.1 cm³/mol. The van der Waals surface area contributed by atoms with Crippen molar-refractivity contribution in [2.24, 2.45) is 0 Å². The number of halogens is 2. The van der Waals surface area contributed by atoms with E-state index in [1.165, 1.54) is 26.0 Å². The number of alkyl halides is 2. The molecule has 2 rings (SSSR count). The molecule has 0 radical (unpaired) electrons. The third kappa shape index (κ3) is 3.77. The summed E-state index contributed by atoms with van der Waals surface area (Å²) in [4.78, 5) is 22.4. The number of carbonyl (C=O) groups is 1. The van der Waals surface area contributed by atoms with E-state index in [2.05, 4.69) is 10.4 Å². The molecule has 0 bridgehead atoms. The molecule has 0 spiro atoms. The maximum Gasteiger partial charge on any atom is 0.282 e. The average Bonchev–Trinajstić information content (AvgIpc) is 2.96. The van der Waals surface area contributed by atoms with E-state index < -0.39 is 29.0 Å². The number of nitrogens with zero attached hydrogens (tertiary/aromatic N) is 4. The van der Waals surface area contributed by atoms with E-state index in [9.17, 15) is 23.7 Å². The number of nitrogens with one attached hydrogen (secondary N) is 1. The molecular formula is C15H13F2N5O3. The van der Waals surface area contributed by atoms with Crippen molar-refractivity contribution in [2.75, 3.05) is 5.32 Å². The maximum absolute atomic E-state index is 12.7. The van der Waals surface area contributed by atoms with Gasteiger partial charge in [-0.2, -0.15) is 10.4 Å². The van der Waals surface area contributed by atoms with Gasteiger partial charge in [0.05, 0.1) is 16.2 Å². The van der Waals surface area contributed by atoms with Crippen LogP contribution in [0.15, 0.2) is 24.3 Å². The summed E-state index contributed by atoms with van der Waals surface area (Å²) in [6.45, 7) is 3.00. The van der Waals surface area contributed by atoms with E-state index >= 15 is 0 Å². The van der Waals surface area contributed by atoms with E-state index in [-0.39, 0.29) is 16.9 Å². The van der Waals surface area contributed by atoms with Crippen LogP contribution in [0, 0.1) is 28.4 Å². The Morgan fingerprint density at radius 2 is 2.12 bits per heavy atom. The lowest BCUT2D eigenvalue weighted by molar-refractivity contribution is -0.384. The Hall–Kier alpha value is -3.35. The highest BCUT2D eigenvalue weighted by Gasteiger charge is 2.22. The van der Waals surface area contributed by atoms with Gasteiger partial charge in [-0.05, 0) is 26.0 Å². The van der Waals surface area contributed by atoms with Crippen LogP contribution in [0.3, 0.4) is 0 Å². The number of amides is 1. The highest BCUT2D eigenvalue weighted by atomic mass is 19.3. The molecule has 8 nitrogen and oxygen atoms in total. The van der Waals surface area contributed by atoms with Crippen LogP contribution in [-0.2, 0) is 4.79 Å². The number of benzene rings is 1. The predicted octanol–water partition coefficient (Wildman–Crippen LogP) is 3.11. The summed E-state index contributed by atoms with van der Waals surface area (Å²) >= 11 is 0. The van der Waals surface area contributed by atoms with E-state index in [4.69, 9.17) is 5.26 Å². The second kappa shape index (κ2) is 7.04. The monoisotopic (exact) mass is 349 g/mol. The van der Waals surface area contributed by atoms with Gasteiger partial charge >= 0.3 is 0 Å². The number of aromatic nitrogens is 2. The smallest absolute Gasteiger partial charge is 0.282 e. The van der Waals surface area contributed by atoms with Gasteiger partial charge in [-0.1, -0.05) is 0 Å². The third-order valence-corrected chi connectivity index (χ3v) is 3.50. The molecule has 25 heavy (non-hydrogen) atoms. The molecule has 0 saturated carbocycles. The van der Waals surface area contributed by atoms with Gasteiger partial charge in [0, 0.05) is 17.8 Å². The first-order valence-corrected chi connectivity index (χ1v) is 7.08. The van der Waals surface area contributed by atoms with Crippen LogP contribution in [0.4, 0.5) is 20.2 Å². The highest BCUT2D eigenvalue weighted by molar-refractivity contribution is 5.94. The van der Waals surface area contributed by atoms with E-state index in [1.807, 2.05) is 0 Å². The van der Waals surface area contributed by atoms with Crippen LogP contribution in [-0.4, -0.2) is 20.6 Å².